The lowest BCUT2D eigenvalue weighted by atomic mass is 9.43. The largest absolute Gasteiger partial charge is 0.390 e. The molecule has 0 heterocycles. The van der Waals surface area contributed by atoms with E-state index >= 15 is 0 Å². The van der Waals surface area contributed by atoms with Crippen LogP contribution in [0.4, 0.5) is 0 Å². The number of rotatable bonds is 7. The molecule has 4 rings (SSSR count). The number of hydrogen-bond acceptors (Lipinski definition) is 2. The van der Waals surface area contributed by atoms with Crippen molar-refractivity contribution in [2.24, 2.45) is 52.3 Å². The minimum absolute atomic E-state index is 0.265. The molecule has 10 atom stereocenters. The first-order valence-electron chi connectivity index (χ1n) is 14.3. The second-order valence-electron chi connectivity index (χ2n) is 13.3. The molecular formula is C30H51NO. The van der Waals surface area contributed by atoms with E-state index in [1.807, 2.05) is 0 Å². The van der Waals surface area contributed by atoms with Crippen molar-refractivity contribution in [3.8, 4) is 6.07 Å². The molecule has 4 aliphatic rings. The maximum Gasteiger partial charge on any atom is 0.0655 e. The Morgan fingerprint density at radius 1 is 0.938 bits per heavy atom. The molecule has 182 valence electrons. The number of fused-ring (bicyclic) bond motifs is 5. The molecule has 0 aromatic heterocycles. The monoisotopic (exact) mass is 441 g/mol. The smallest absolute Gasteiger partial charge is 0.0655 e. The van der Waals surface area contributed by atoms with Crippen LogP contribution < -0.4 is 0 Å². The lowest BCUT2D eigenvalue weighted by Gasteiger charge is -2.62. The van der Waals surface area contributed by atoms with Crippen molar-refractivity contribution >= 4 is 0 Å². The first kappa shape index (κ1) is 24.6. The summed E-state index contributed by atoms with van der Waals surface area (Å²) in [6, 6.07) is 2.50. The lowest BCUT2D eigenvalue weighted by molar-refractivity contribution is -0.152. The molecule has 32 heavy (non-hydrogen) atoms. The molecule has 4 aliphatic carbocycles. The third kappa shape index (κ3) is 4.08. The zero-order chi connectivity index (χ0) is 23.1. The molecule has 2 nitrogen and oxygen atoms in total. The summed E-state index contributed by atoms with van der Waals surface area (Å²) in [5, 5.41) is 20.3. The van der Waals surface area contributed by atoms with Crippen LogP contribution in [-0.4, -0.2) is 10.7 Å². The van der Waals surface area contributed by atoms with Gasteiger partial charge in [0.1, 0.15) is 0 Å². The Labute approximate surface area is 198 Å². The van der Waals surface area contributed by atoms with Gasteiger partial charge in [0.2, 0.25) is 0 Å². The predicted molar refractivity (Wildman–Crippen MR) is 133 cm³/mol. The third-order valence-electron chi connectivity index (χ3n) is 12.1. The summed E-state index contributed by atoms with van der Waals surface area (Å²) in [6.07, 6.45) is 17.5. The molecule has 1 N–H and O–H groups in total. The number of nitriles is 1. The van der Waals surface area contributed by atoms with Gasteiger partial charge in [0, 0.05) is 5.92 Å². The Morgan fingerprint density at radius 2 is 1.69 bits per heavy atom. The molecule has 0 radical (unpaired) electrons. The van der Waals surface area contributed by atoms with Crippen molar-refractivity contribution in [2.75, 3.05) is 0 Å². The molecule has 0 saturated heterocycles. The van der Waals surface area contributed by atoms with E-state index in [4.69, 9.17) is 0 Å². The standard InChI is InChI=1S/C30H51NO/c1-6-22(20-31)10-8-9-21(3)25-13-14-26-24-12-11-23-19-30(32,7-2)18-17-28(23,4)27(24)15-16-29(25,26)5/h21-27,32H,6-19H2,1-5H3/t21-,22-,23+,24+,25-,26+,27+,28+,29-,30+/m1/s1. The minimum Gasteiger partial charge on any atom is -0.390 e. The predicted octanol–water partition coefficient (Wildman–Crippen LogP) is 8.14. The summed E-state index contributed by atoms with van der Waals surface area (Å²) in [6.45, 7) is 12.2. The van der Waals surface area contributed by atoms with E-state index in [2.05, 4.69) is 40.7 Å². The van der Waals surface area contributed by atoms with E-state index in [9.17, 15) is 10.4 Å². The van der Waals surface area contributed by atoms with Crippen LogP contribution >= 0.6 is 0 Å². The highest BCUT2D eigenvalue weighted by molar-refractivity contribution is 5.10. The molecule has 4 fully saturated rings. The average molecular weight is 442 g/mol. The van der Waals surface area contributed by atoms with Gasteiger partial charge in [0.25, 0.3) is 0 Å². The van der Waals surface area contributed by atoms with Crippen LogP contribution in [0.2, 0.25) is 0 Å². The van der Waals surface area contributed by atoms with E-state index < -0.39 is 0 Å². The van der Waals surface area contributed by atoms with Gasteiger partial charge in [-0.05, 0) is 123 Å². The molecule has 2 heteroatoms. The SMILES string of the molecule is CC[C@@H](C#N)CCC[C@@H](C)[C@H]1CC[C@H]2[C@@H]3CC[C@H]4C[C@](O)(CC)CC[C@]4(C)[C@H]3CC[C@]12C. The van der Waals surface area contributed by atoms with Crippen molar-refractivity contribution in [1.82, 2.24) is 0 Å². The Bertz CT molecular complexity index is 697. The normalized spacial score (nSPS) is 47.6. The Hall–Kier alpha value is -0.550. The zero-order valence-electron chi connectivity index (χ0n) is 21.8. The van der Waals surface area contributed by atoms with Crippen LogP contribution in [0.1, 0.15) is 125 Å². The Kier molecular flexibility index (Phi) is 7.10. The molecule has 0 amide bonds. The molecule has 0 bridgehead atoms. The van der Waals surface area contributed by atoms with Crippen molar-refractivity contribution in [2.45, 2.75) is 130 Å². The van der Waals surface area contributed by atoms with Crippen LogP contribution in [0.3, 0.4) is 0 Å². The van der Waals surface area contributed by atoms with Crippen molar-refractivity contribution in [1.29, 1.82) is 5.26 Å². The summed E-state index contributed by atoms with van der Waals surface area (Å²) in [7, 11) is 0. The number of nitrogens with zero attached hydrogens (tertiary/aromatic N) is 1. The van der Waals surface area contributed by atoms with Gasteiger partial charge in [0.15, 0.2) is 0 Å². The fraction of sp³-hybridized carbons (Fsp3) is 0.967. The molecular weight excluding hydrogens is 390 g/mol. The van der Waals surface area contributed by atoms with E-state index in [-0.39, 0.29) is 11.5 Å². The van der Waals surface area contributed by atoms with Gasteiger partial charge in [-0.25, -0.2) is 0 Å². The van der Waals surface area contributed by atoms with Gasteiger partial charge in [-0.3, -0.25) is 0 Å². The highest BCUT2D eigenvalue weighted by atomic mass is 16.3. The van der Waals surface area contributed by atoms with E-state index in [0.29, 0.717) is 10.8 Å². The van der Waals surface area contributed by atoms with E-state index in [1.54, 1.807) is 0 Å². The Balaban J connectivity index is 1.42. The minimum atomic E-state index is -0.379. The fourth-order valence-electron chi connectivity index (χ4n) is 9.87. The molecule has 4 saturated carbocycles. The fourth-order valence-corrected chi connectivity index (χ4v) is 9.87. The van der Waals surface area contributed by atoms with Gasteiger partial charge in [0.05, 0.1) is 11.7 Å². The van der Waals surface area contributed by atoms with Crippen molar-refractivity contribution in [3.05, 3.63) is 0 Å². The second-order valence-corrected chi connectivity index (χ2v) is 13.3. The maximum atomic E-state index is 11.0. The first-order valence-corrected chi connectivity index (χ1v) is 14.3. The zero-order valence-corrected chi connectivity index (χ0v) is 21.8. The van der Waals surface area contributed by atoms with Crippen LogP contribution in [0.25, 0.3) is 0 Å². The van der Waals surface area contributed by atoms with Gasteiger partial charge < -0.3 is 5.11 Å². The second kappa shape index (κ2) is 9.24. The highest BCUT2D eigenvalue weighted by Crippen LogP contribution is 2.69. The highest BCUT2D eigenvalue weighted by Gasteiger charge is 2.61. The topological polar surface area (TPSA) is 44.0 Å². The van der Waals surface area contributed by atoms with Crippen LogP contribution in [0.5, 0.6) is 0 Å². The quantitative estimate of drug-likeness (QED) is 0.433. The first-order chi connectivity index (χ1) is 15.2. The number of aliphatic hydroxyl groups is 1. The Morgan fingerprint density at radius 3 is 2.38 bits per heavy atom. The van der Waals surface area contributed by atoms with Crippen LogP contribution in [0.15, 0.2) is 0 Å². The molecule has 0 aromatic carbocycles. The number of hydrogen-bond donors (Lipinski definition) is 1. The summed E-state index contributed by atoms with van der Waals surface area (Å²) in [5.74, 6) is 5.47. The van der Waals surface area contributed by atoms with Crippen LogP contribution in [0, 0.1) is 63.6 Å². The summed E-state index contributed by atoms with van der Waals surface area (Å²) >= 11 is 0. The summed E-state index contributed by atoms with van der Waals surface area (Å²) < 4.78 is 0. The van der Waals surface area contributed by atoms with Gasteiger partial charge in [-0.15, -0.1) is 0 Å². The van der Waals surface area contributed by atoms with Gasteiger partial charge in [-0.1, -0.05) is 47.5 Å². The summed E-state index contributed by atoms with van der Waals surface area (Å²) in [5.41, 5.74) is 0.639. The summed E-state index contributed by atoms with van der Waals surface area (Å²) in [4.78, 5) is 0. The molecule has 0 spiro atoms. The van der Waals surface area contributed by atoms with Gasteiger partial charge in [-0.2, -0.15) is 5.26 Å². The van der Waals surface area contributed by atoms with Crippen LogP contribution in [-0.2, 0) is 0 Å². The maximum absolute atomic E-state index is 11.0. The molecule has 0 unspecified atom stereocenters. The van der Waals surface area contributed by atoms with E-state index in [0.717, 1.165) is 67.6 Å². The van der Waals surface area contributed by atoms with Gasteiger partial charge >= 0.3 is 0 Å². The van der Waals surface area contributed by atoms with E-state index in [1.165, 1.54) is 57.8 Å². The average Bonchev–Trinajstić information content (AvgIpc) is 3.14. The third-order valence-corrected chi connectivity index (χ3v) is 12.1. The molecule has 0 aromatic rings. The molecule has 0 aliphatic heterocycles. The van der Waals surface area contributed by atoms with Crippen molar-refractivity contribution < 1.29 is 5.11 Å². The van der Waals surface area contributed by atoms with Crippen molar-refractivity contribution in [3.63, 3.8) is 0 Å². The lowest BCUT2D eigenvalue weighted by Crippen LogP contribution is -2.56.